The van der Waals surface area contributed by atoms with Gasteiger partial charge in [-0.1, -0.05) is 29.8 Å². The molecule has 0 saturated heterocycles. The molecule has 0 aliphatic heterocycles. The number of nitrogens with one attached hydrogen (secondary N) is 1. The van der Waals surface area contributed by atoms with Crippen LogP contribution in [0.25, 0.3) is 11.1 Å². The molecule has 28 heavy (non-hydrogen) atoms. The number of rotatable bonds is 6. The van der Waals surface area contributed by atoms with Gasteiger partial charge in [-0.2, -0.15) is 0 Å². The maximum atomic E-state index is 12.6. The smallest absolute Gasteiger partial charge is 0.339 e. The average Bonchev–Trinajstić information content (AvgIpc) is 2.74. The van der Waals surface area contributed by atoms with E-state index in [1.807, 2.05) is 6.07 Å². The number of carbonyl (C=O) groups excluding carboxylic acids is 2. The van der Waals surface area contributed by atoms with E-state index in [4.69, 9.17) is 22.1 Å². The molecule has 0 saturated carbocycles. The summed E-state index contributed by atoms with van der Waals surface area (Å²) in [4.78, 5) is 28.5. The number of anilines is 1. The van der Waals surface area contributed by atoms with E-state index in [1.165, 1.54) is 0 Å². The van der Waals surface area contributed by atoms with Gasteiger partial charge in [-0.15, -0.1) is 0 Å². The molecule has 3 rings (SSSR count). The van der Waals surface area contributed by atoms with Crippen molar-refractivity contribution in [2.75, 3.05) is 11.4 Å². The quantitative estimate of drug-likeness (QED) is 0.489. The molecule has 142 valence electrons. The third-order valence-electron chi connectivity index (χ3n) is 4.13. The molecule has 1 aromatic heterocycles. The van der Waals surface area contributed by atoms with Gasteiger partial charge >= 0.3 is 5.97 Å². The first-order chi connectivity index (χ1) is 13.6. The van der Waals surface area contributed by atoms with Crippen molar-refractivity contribution in [3.05, 3.63) is 83.7 Å². The number of ether oxygens (including phenoxy) is 1. The highest BCUT2D eigenvalue weighted by atomic mass is 35.5. The van der Waals surface area contributed by atoms with E-state index in [0.717, 1.165) is 16.7 Å². The summed E-state index contributed by atoms with van der Waals surface area (Å²) >= 11 is 5.46. The molecule has 3 N–H and O–H groups in total. The van der Waals surface area contributed by atoms with Crippen LogP contribution in [0.2, 0.25) is 0 Å². The fourth-order valence-corrected chi connectivity index (χ4v) is 2.85. The molecule has 0 radical (unpaired) electrons. The lowest BCUT2D eigenvalue weighted by Crippen LogP contribution is -2.12. The largest absolute Gasteiger partial charge is 0.446 e. The van der Waals surface area contributed by atoms with Crippen LogP contribution in [0.15, 0.2) is 67.0 Å². The van der Waals surface area contributed by atoms with Crippen LogP contribution < -0.4 is 11.1 Å². The van der Waals surface area contributed by atoms with E-state index in [0.29, 0.717) is 16.8 Å². The van der Waals surface area contributed by atoms with Crippen LogP contribution in [-0.4, -0.2) is 22.9 Å². The molecular weight excluding hydrogens is 378 g/mol. The number of halogens is 1. The number of hydrogen-bond acceptors (Lipinski definition) is 5. The van der Waals surface area contributed by atoms with Crippen molar-refractivity contribution in [2.45, 2.75) is 6.54 Å². The van der Waals surface area contributed by atoms with Crippen LogP contribution in [0.3, 0.4) is 0 Å². The van der Waals surface area contributed by atoms with Crippen LogP contribution in [0.5, 0.6) is 0 Å². The Labute approximate surface area is 167 Å². The Morgan fingerprint density at radius 1 is 1.04 bits per heavy atom. The maximum absolute atomic E-state index is 12.6. The van der Waals surface area contributed by atoms with Crippen LogP contribution >= 0.6 is 11.6 Å². The van der Waals surface area contributed by atoms with Crippen molar-refractivity contribution in [2.24, 2.45) is 5.73 Å². The lowest BCUT2D eigenvalue weighted by Gasteiger charge is -2.12. The first-order valence-corrected chi connectivity index (χ1v) is 9.03. The molecule has 7 heteroatoms. The number of alkyl halides is 1. The van der Waals surface area contributed by atoms with Crippen molar-refractivity contribution < 1.29 is 14.3 Å². The minimum atomic E-state index is -0.516. The molecule has 1 heterocycles. The number of amides is 1. The number of aromatic nitrogens is 1. The van der Waals surface area contributed by atoms with Gasteiger partial charge in [0.2, 0.25) is 0 Å². The first kappa shape index (κ1) is 19.5. The lowest BCUT2D eigenvalue weighted by molar-refractivity contribution is 0.0574. The monoisotopic (exact) mass is 395 g/mol. The summed E-state index contributed by atoms with van der Waals surface area (Å²) < 4.78 is 4.84. The molecule has 3 aromatic rings. The van der Waals surface area contributed by atoms with Gasteiger partial charge in [-0.3, -0.25) is 9.78 Å². The fraction of sp³-hybridized carbons (Fsp3) is 0.0952. The van der Waals surface area contributed by atoms with Crippen molar-refractivity contribution >= 4 is 29.2 Å². The summed E-state index contributed by atoms with van der Waals surface area (Å²) in [6.45, 7) is 0.290. The molecule has 0 aliphatic rings. The van der Waals surface area contributed by atoms with Gasteiger partial charge in [0.15, 0.2) is 6.07 Å². The summed E-state index contributed by atoms with van der Waals surface area (Å²) in [7, 11) is 0. The fourth-order valence-electron chi connectivity index (χ4n) is 2.75. The summed E-state index contributed by atoms with van der Waals surface area (Å²) in [5.41, 5.74) is 9.73. The topological polar surface area (TPSA) is 94.3 Å². The van der Waals surface area contributed by atoms with Gasteiger partial charge in [0.1, 0.15) is 0 Å². The Morgan fingerprint density at radius 2 is 1.82 bits per heavy atom. The SMILES string of the molecule is NCc1ccc(C(=O)Nc2ccncc2)cc1-c1cccc(C(=O)OCCl)c1. The molecule has 0 spiro atoms. The Hall–Kier alpha value is -3.22. The number of nitrogens with zero attached hydrogens (tertiary/aromatic N) is 1. The Balaban J connectivity index is 1.95. The number of nitrogens with two attached hydrogens (primary N) is 1. The number of pyridine rings is 1. The Bertz CT molecular complexity index is 993. The predicted molar refractivity (Wildman–Crippen MR) is 108 cm³/mol. The zero-order valence-electron chi connectivity index (χ0n) is 14.9. The lowest BCUT2D eigenvalue weighted by atomic mass is 9.95. The number of hydrogen-bond donors (Lipinski definition) is 2. The van der Waals surface area contributed by atoms with Crippen LogP contribution in [0.1, 0.15) is 26.3 Å². The molecule has 0 atom stereocenters. The second kappa shape index (κ2) is 9.12. The van der Waals surface area contributed by atoms with Gasteiger partial charge in [-0.05, 0) is 53.1 Å². The second-order valence-corrected chi connectivity index (χ2v) is 6.11. The second-order valence-electron chi connectivity index (χ2n) is 5.89. The predicted octanol–water partition coefficient (Wildman–Crippen LogP) is 3.81. The van der Waals surface area contributed by atoms with Crippen molar-refractivity contribution in [3.63, 3.8) is 0 Å². The third-order valence-corrected chi connectivity index (χ3v) is 4.23. The summed E-state index contributed by atoms with van der Waals surface area (Å²) in [6, 6.07) is 15.4. The van der Waals surface area contributed by atoms with Crippen LogP contribution in [0.4, 0.5) is 5.69 Å². The third kappa shape index (κ3) is 4.54. The minimum Gasteiger partial charge on any atom is -0.446 e. The van der Waals surface area contributed by atoms with E-state index in [1.54, 1.807) is 60.9 Å². The average molecular weight is 396 g/mol. The highest BCUT2D eigenvalue weighted by molar-refractivity contribution is 6.17. The molecule has 0 aliphatic carbocycles. The van der Waals surface area contributed by atoms with Crippen molar-refractivity contribution in [1.29, 1.82) is 0 Å². The van der Waals surface area contributed by atoms with Gasteiger partial charge in [-0.25, -0.2) is 4.79 Å². The molecule has 0 bridgehead atoms. The minimum absolute atomic E-state index is 0.220. The summed E-state index contributed by atoms with van der Waals surface area (Å²) in [5, 5.41) is 2.82. The molecular formula is C21H18ClN3O3. The van der Waals surface area contributed by atoms with E-state index in [-0.39, 0.29) is 18.5 Å². The Kier molecular flexibility index (Phi) is 6.37. The highest BCUT2D eigenvalue weighted by Crippen LogP contribution is 2.26. The van der Waals surface area contributed by atoms with E-state index >= 15 is 0 Å². The number of esters is 1. The Morgan fingerprint density at radius 3 is 2.54 bits per heavy atom. The van der Waals surface area contributed by atoms with Gasteiger partial charge in [0.25, 0.3) is 5.91 Å². The van der Waals surface area contributed by atoms with E-state index in [2.05, 4.69) is 10.3 Å². The zero-order valence-corrected chi connectivity index (χ0v) is 15.6. The number of carbonyl (C=O) groups is 2. The van der Waals surface area contributed by atoms with E-state index in [9.17, 15) is 9.59 Å². The molecule has 0 fully saturated rings. The van der Waals surface area contributed by atoms with Crippen molar-refractivity contribution in [3.8, 4) is 11.1 Å². The van der Waals surface area contributed by atoms with Gasteiger partial charge in [0, 0.05) is 30.2 Å². The normalized spacial score (nSPS) is 10.4. The maximum Gasteiger partial charge on any atom is 0.339 e. The zero-order chi connectivity index (χ0) is 19.9. The van der Waals surface area contributed by atoms with Gasteiger partial charge < -0.3 is 15.8 Å². The standard InChI is InChI=1S/C21H18ClN3O3/c22-13-28-21(27)16-3-1-2-14(10-16)19-11-15(4-5-17(19)12-23)20(26)25-18-6-8-24-9-7-18/h1-11H,12-13,23H2,(H,24,25,26). The summed E-state index contributed by atoms with van der Waals surface area (Å²) in [6.07, 6.45) is 3.20. The first-order valence-electron chi connectivity index (χ1n) is 8.50. The van der Waals surface area contributed by atoms with E-state index < -0.39 is 5.97 Å². The molecule has 2 aromatic carbocycles. The molecule has 6 nitrogen and oxygen atoms in total. The highest BCUT2D eigenvalue weighted by Gasteiger charge is 2.13. The molecule has 0 unspecified atom stereocenters. The van der Waals surface area contributed by atoms with Gasteiger partial charge in [0.05, 0.1) is 5.56 Å². The van der Waals surface area contributed by atoms with Crippen LogP contribution in [0, 0.1) is 0 Å². The number of benzene rings is 2. The van der Waals surface area contributed by atoms with Crippen molar-refractivity contribution in [1.82, 2.24) is 4.98 Å². The molecule has 1 amide bonds. The van der Waals surface area contributed by atoms with Crippen LogP contribution in [-0.2, 0) is 11.3 Å². The summed E-state index contributed by atoms with van der Waals surface area (Å²) in [5.74, 6) is -0.772.